The summed E-state index contributed by atoms with van der Waals surface area (Å²) in [7, 11) is 0. The minimum atomic E-state index is -0.00717. The van der Waals surface area contributed by atoms with Gasteiger partial charge in [0, 0.05) is 29.2 Å². The van der Waals surface area contributed by atoms with E-state index < -0.39 is 0 Å². The zero-order chi connectivity index (χ0) is 18.4. The van der Waals surface area contributed by atoms with E-state index in [0.29, 0.717) is 30.7 Å². The summed E-state index contributed by atoms with van der Waals surface area (Å²) in [5.74, 6) is 2.54. The Morgan fingerprint density at radius 2 is 2.00 bits per heavy atom. The number of nitrogens with one attached hydrogen (secondary N) is 1. The Balaban J connectivity index is 1.92. The minimum absolute atomic E-state index is 0.00717. The molecule has 26 heavy (non-hydrogen) atoms. The van der Waals surface area contributed by atoms with E-state index in [1.807, 2.05) is 28.8 Å². The van der Waals surface area contributed by atoms with Crippen molar-refractivity contribution in [1.29, 1.82) is 0 Å². The lowest BCUT2D eigenvalue weighted by Gasteiger charge is -2.14. The number of hydrogen-bond donors (Lipinski definition) is 1. The Kier molecular flexibility index (Phi) is 4.34. The van der Waals surface area contributed by atoms with Gasteiger partial charge in [0.1, 0.15) is 11.5 Å². The van der Waals surface area contributed by atoms with E-state index in [9.17, 15) is 4.79 Å². The molecule has 6 nitrogen and oxygen atoms in total. The molecule has 1 aromatic carbocycles. The van der Waals surface area contributed by atoms with Crippen LogP contribution in [-0.2, 0) is 13.1 Å². The molecule has 0 fully saturated rings. The van der Waals surface area contributed by atoms with Gasteiger partial charge in [0.2, 0.25) is 0 Å². The van der Waals surface area contributed by atoms with Gasteiger partial charge in [0.15, 0.2) is 11.6 Å². The highest BCUT2D eigenvalue weighted by Crippen LogP contribution is 2.34. The van der Waals surface area contributed by atoms with Gasteiger partial charge < -0.3 is 5.32 Å². The van der Waals surface area contributed by atoms with Crippen molar-refractivity contribution in [3.63, 3.8) is 0 Å². The summed E-state index contributed by atoms with van der Waals surface area (Å²) in [6.07, 6.45) is 0.871. The van der Waals surface area contributed by atoms with Crippen LogP contribution in [0.25, 0.3) is 22.9 Å². The molecule has 1 atom stereocenters. The highest BCUT2D eigenvalue weighted by Gasteiger charge is 2.32. The number of imidazole rings is 1. The van der Waals surface area contributed by atoms with E-state index in [1.165, 1.54) is 0 Å². The molecule has 0 amide bonds. The lowest BCUT2D eigenvalue weighted by Crippen LogP contribution is -2.32. The normalized spacial score (nSPS) is 16.3. The molecule has 3 aliphatic heterocycles. The van der Waals surface area contributed by atoms with Crippen LogP contribution in [0.1, 0.15) is 27.2 Å². The maximum absolute atomic E-state index is 13.0. The summed E-state index contributed by atoms with van der Waals surface area (Å²) in [4.78, 5) is 22.6. The third-order valence-corrected chi connectivity index (χ3v) is 5.44. The van der Waals surface area contributed by atoms with Crippen molar-refractivity contribution < 1.29 is 0 Å². The maximum atomic E-state index is 13.0. The first-order chi connectivity index (χ1) is 12.5. The van der Waals surface area contributed by atoms with Crippen LogP contribution in [-0.4, -0.2) is 25.1 Å². The molecule has 0 unspecified atom stereocenters. The Bertz CT molecular complexity index is 973. The van der Waals surface area contributed by atoms with Crippen LogP contribution in [0.5, 0.6) is 0 Å². The molecule has 0 bridgehead atoms. The number of rotatable bonds is 4. The second kappa shape index (κ2) is 6.54. The zero-order valence-corrected chi connectivity index (χ0v) is 16.7. The van der Waals surface area contributed by atoms with Crippen LogP contribution >= 0.6 is 15.9 Å². The Morgan fingerprint density at radius 1 is 1.27 bits per heavy atom. The van der Waals surface area contributed by atoms with Gasteiger partial charge >= 0.3 is 5.69 Å². The first-order valence-corrected chi connectivity index (χ1v) is 9.82. The molecule has 4 rings (SSSR count). The van der Waals surface area contributed by atoms with Crippen LogP contribution in [0.2, 0.25) is 0 Å². The largest absolute Gasteiger partial charge is 0.365 e. The van der Waals surface area contributed by atoms with Crippen LogP contribution in [0.15, 0.2) is 33.5 Å². The molecular weight excluding hydrogens is 394 g/mol. The topological polar surface area (TPSA) is 64.7 Å². The number of anilines is 1. The number of aromatic nitrogens is 4. The number of hydrogen-bond acceptors (Lipinski definition) is 4. The Hall–Kier alpha value is -2.15. The molecule has 0 spiro atoms. The lowest BCUT2D eigenvalue weighted by atomic mass is 10.1. The van der Waals surface area contributed by atoms with Crippen molar-refractivity contribution in [1.82, 2.24) is 19.1 Å². The van der Waals surface area contributed by atoms with Gasteiger partial charge in [-0.2, -0.15) is 0 Å². The molecule has 7 heteroatoms. The van der Waals surface area contributed by atoms with Gasteiger partial charge in [-0.3, -0.25) is 9.13 Å². The van der Waals surface area contributed by atoms with Gasteiger partial charge in [-0.05, 0) is 24.5 Å². The summed E-state index contributed by atoms with van der Waals surface area (Å²) in [5, 5.41) is 3.50. The van der Waals surface area contributed by atoms with Gasteiger partial charge in [0.25, 0.3) is 0 Å². The highest BCUT2D eigenvalue weighted by molar-refractivity contribution is 9.10. The summed E-state index contributed by atoms with van der Waals surface area (Å²) in [6.45, 7) is 7.70. The molecule has 0 aliphatic carbocycles. The number of halogens is 1. The summed E-state index contributed by atoms with van der Waals surface area (Å²) in [5.41, 5.74) is 1.71. The molecule has 3 aliphatic rings. The second-order valence-corrected chi connectivity index (χ2v) is 8.03. The minimum Gasteiger partial charge on any atom is -0.365 e. The third kappa shape index (κ3) is 2.74. The van der Waals surface area contributed by atoms with E-state index in [4.69, 9.17) is 9.97 Å². The fraction of sp³-hybridized carbons (Fsp3) is 0.421. The average Bonchev–Trinajstić information content (AvgIpc) is 3.24. The van der Waals surface area contributed by atoms with Crippen molar-refractivity contribution in [2.24, 2.45) is 5.92 Å². The quantitative estimate of drug-likeness (QED) is 0.702. The predicted octanol–water partition coefficient (Wildman–Crippen LogP) is 3.83. The van der Waals surface area contributed by atoms with Gasteiger partial charge in [-0.15, -0.1) is 0 Å². The molecule has 0 saturated heterocycles. The number of fused-ring (bicyclic) bond motifs is 3. The summed E-state index contributed by atoms with van der Waals surface area (Å²) >= 11 is 3.46. The molecule has 0 radical (unpaired) electrons. The van der Waals surface area contributed by atoms with Crippen molar-refractivity contribution in [3.8, 4) is 22.9 Å². The molecule has 0 aromatic heterocycles. The lowest BCUT2D eigenvalue weighted by molar-refractivity contribution is 0.481. The van der Waals surface area contributed by atoms with Crippen LogP contribution in [0.3, 0.4) is 0 Å². The van der Waals surface area contributed by atoms with E-state index in [-0.39, 0.29) is 11.7 Å². The standard InChI is InChI=1S/C19H22BrN5O/c1-4-9-24-18-15(17-21-14(11(2)3)10-25(17)19(24)26)22-16(23-18)12-5-7-13(20)8-6-12/h5-8,11,14,21H,4,9-10H2,1-3H3/t14-/m0/s1. The van der Waals surface area contributed by atoms with Crippen LogP contribution in [0, 0.1) is 5.92 Å². The van der Waals surface area contributed by atoms with Crippen molar-refractivity contribution in [2.45, 2.75) is 46.3 Å². The van der Waals surface area contributed by atoms with Gasteiger partial charge in [-0.1, -0.05) is 48.8 Å². The Morgan fingerprint density at radius 3 is 2.65 bits per heavy atom. The second-order valence-electron chi connectivity index (χ2n) is 7.11. The summed E-state index contributed by atoms with van der Waals surface area (Å²) in [6, 6.07) is 8.15. The smallest absolute Gasteiger partial charge is 0.331 e. The van der Waals surface area contributed by atoms with Gasteiger partial charge in [-0.25, -0.2) is 14.8 Å². The van der Waals surface area contributed by atoms with E-state index in [2.05, 4.69) is 42.0 Å². The van der Waals surface area contributed by atoms with Crippen molar-refractivity contribution in [2.75, 3.05) is 5.32 Å². The predicted molar refractivity (Wildman–Crippen MR) is 107 cm³/mol. The molecule has 3 heterocycles. The summed E-state index contributed by atoms with van der Waals surface area (Å²) < 4.78 is 4.60. The third-order valence-electron chi connectivity index (χ3n) is 4.91. The molecular formula is C19H22BrN5O. The number of nitrogens with zero attached hydrogens (tertiary/aromatic N) is 4. The van der Waals surface area contributed by atoms with E-state index >= 15 is 0 Å². The first kappa shape index (κ1) is 17.3. The van der Waals surface area contributed by atoms with E-state index in [1.54, 1.807) is 4.57 Å². The van der Waals surface area contributed by atoms with Crippen molar-refractivity contribution in [3.05, 3.63) is 39.2 Å². The molecule has 136 valence electrons. The maximum Gasteiger partial charge on any atom is 0.331 e. The fourth-order valence-electron chi connectivity index (χ4n) is 3.41. The number of benzene rings is 1. The van der Waals surface area contributed by atoms with E-state index in [0.717, 1.165) is 28.0 Å². The SMILES string of the molecule is CCCn1c2nc(-c3ccc(Br)cc3)nc-2c2n(c1=O)C[C@@H](C(C)C)N2. The molecule has 1 N–H and O–H groups in total. The first-order valence-electron chi connectivity index (χ1n) is 9.03. The van der Waals surface area contributed by atoms with Crippen LogP contribution in [0.4, 0.5) is 5.82 Å². The average molecular weight is 416 g/mol. The fourth-order valence-corrected chi connectivity index (χ4v) is 3.67. The monoisotopic (exact) mass is 415 g/mol. The highest BCUT2D eigenvalue weighted by atomic mass is 79.9. The van der Waals surface area contributed by atoms with Crippen LogP contribution < -0.4 is 11.0 Å². The van der Waals surface area contributed by atoms with Crippen molar-refractivity contribution >= 4 is 21.7 Å². The zero-order valence-electron chi connectivity index (χ0n) is 15.2. The Labute approximate surface area is 160 Å². The molecule has 1 aromatic rings. The molecule has 0 saturated carbocycles. The van der Waals surface area contributed by atoms with Gasteiger partial charge in [0.05, 0.1) is 0 Å².